The lowest BCUT2D eigenvalue weighted by Crippen LogP contribution is -2.29. The van der Waals surface area contributed by atoms with E-state index >= 15 is 0 Å². The molecule has 0 aliphatic carbocycles. The molecule has 244 valence electrons. The minimum atomic E-state index is -0.964. The van der Waals surface area contributed by atoms with Gasteiger partial charge in [0.05, 0.1) is 18.2 Å². The molecule has 12 heteroatoms. The van der Waals surface area contributed by atoms with E-state index in [1.54, 1.807) is 60.7 Å². The fourth-order valence-electron chi connectivity index (χ4n) is 5.19. The first kappa shape index (κ1) is 33.5. The molecule has 8 nitrogen and oxygen atoms in total. The van der Waals surface area contributed by atoms with Gasteiger partial charge >= 0.3 is 5.91 Å². The van der Waals surface area contributed by atoms with Crippen molar-refractivity contribution in [3.8, 4) is 11.5 Å². The Balaban J connectivity index is 1.31. The molecule has 0 bridgehead atoms. The fraction of sp³-hybridized carbons (Fsp3) is 0.167. The van der Waals surface area contributed by atoms with Gasteiger partial charge in [0.15, 0.2) is 4.34 Å². The van der Waals surface area contributed by atoms with E-state index in [1.165, 1.54) is 28.0 Å². The first-order chi connectivity index (χ1) is 23.2. The Morgan fingerprint density at radius 1 is 0.917 bits per heavy atom. The number of hydrogen-bond donors (Lipinski definition) is 1. The Hall–Kier alpha value is -4.35. The molecular formula is C36H29Cl2N3O5S2. The zero-order valence-corrected chi connectivity index (χ0v) is 29.0. The second-order valence-corrected chi connectivity index (χ2v) is 13.8. The molecule has 1 aromatic heterocycles. The molecule has 1 fully saturated rings. The second-order valence-electron chi connectivity index (χ2n) is 10.8. The monoisotopic (exact) mass is 717 g/mol. The van der Waals surface area contributed by atoms with Crippen LogP contribution in [0.3, 0.4) is 0 Å². The molecule has 0 saturated carbocycles. The molecule has 0 radical (unpaired) electrons. The standard InChI is InChI=1S/C36H29Cl2N3O5S2/c1-3-45-27-14-9-22(10-15-27)31-30(32(42)23-11-16-28(17-12-23)46-19-24-7-5-4-6-21(24)2)33(43)34(44)41(31)35-39-40-36(48-35)47-20-25-8-13-26(37)18-29(25)38/h4-18,31,42H,3,19-20H2,1-2H3/b32-30+. The first-order valence-electron chi connectivity index (χ1n) is 14.9. The minimum absolute atomic E-state index is 0.0601. The SMILES string of the molecule is CCOc1ccc(C2/C(=C(\O)c3ccc(OCc4ccccc4C)cc3)C(=O)C(=O)N2c2nnc(SCc3ccc(Cl)cc3Cl)s2)cc1. The predicted molar refractivity (Wildman–Crippen MR) is 190 cm³/mol. The molecule has 5 aromatic rings. The Bertz CT molecular complexity index is 2000. The number of thioether (sulfide) groups is 1. The lowest BCUT2D eigenvalue weighted by atomic mass is 9.95. The summed E-state index contributed by atoms with van der Waals surface area (Å²) in [5.41, 5.74) is 3.94. The number of aliphatic hydroxyl groups excluding tert-OH is 1. The van der Waals surface area contributed by atoms with Crippen molar-refractivity contribution in [2.24, 2.45) is 0 Å². The molecule has 0 spiro atoms. The number of hydrogen-bond acceptors (Lipinski definition) is 9. The highest BCUT2D eigenvalue weighted by molar-refractivity contribution is 8.00. The van der Waals surface area contributed by atoms with Crippen LogP contribution in [0.15, 0.2) is 101 Å². The molecule has 6 rings (SSSR count). The third-order valence-electron chi connectivity index (χ3n) is 7.70. The van der Waals surface area contributed by atoms with Crippen molar-refractivity contribution in [2.45, 2.75) is 36.6 Å². The van der Waals surface area contributed by atoms with Gasteiger partial charge in [-0.15, -0.1) is 10.2 Å². The molecule has 1 unspecified atom stereocenters. The van der Waals surface area contributed by atoms with E-state index in [1.807, 2.05) is 44.2 Å². The summed E-state index contributed by atoms with van der Waals surface area (Å²) in [6.07, 6.45) is 0. The van der Waals surface area contributed by atoms with E-state index in [-0.39, 0.29) is 16.5 Å². The summed E-state index contributed by atoms with van der Waals surface area (Å²) in [5, 5.41) is 21.5. The number of anilines is 1. The van der Waals surface area contributed by atoms with Gasteiger partial charge in [0, 0.05) is 21.4 Å². The summed E-state index contributed by atoms with van der Waals surface area (Å²) in [6, 6.07) is 26.1. The van der Waals surface area contributed by atoms with Gasteiger partial charge in [-0.2, -0.15) is 0 Å². The van der Waals surface area contributed by atoms with Crippen LogP contribution >= 0.6 is 46.3 Å². The van der Waals surface area contributed by atoms with Crippen LogP contribution < -0.4 is 14.4 Å². The number of aryl methyl sites for hydroxylation is 1. The van der Waals surface area contributed by atoms with Gasteiger partial charge in [0.1, 0.15) is 23.9 Å². The topological polar surface area (TPSA) is 102 Å². The van der Waals surface area contributed by atoms with E-state index in [4.69, 9.17) is 32.7 Å². The number of amides is 1. The molecule has 1 N–H and O–H groups in total. The van der Waals surface area contributed by atoms with Gasteiger partial charge in [0.25, 0.3) is 5.78 Å². The number of Topliss-reactive ketones (excluding diaryl/α,β-unsaturated/α-hetero) is 1. The van der Waals surface area contributed by atoms with E-state index < -0.39 is 17.7 Å². The van der Waals surface area contributed by atoms with Crippen LogP contribution in [0.1, 0.15) is 40.8 Å². The molecule has 1 amide bonds. The summed E-state index contributed by atoms with van der Waals surface area (Å²) < 4.78 is 12.1. The van der Waals surface area contributed by atoms with Crippen LogP contribution in [0, 0.1) is 6.92 Å². The summed E-state index contributed by atoms with van der Waals surface area (Å²) in [7, 11) is 0. The smallest absolute Gasteiger partial charge is 0.301 e. The highest BCUT2D eigenvalue weighted by Crippen LogP contribution is 2.44. The van der Waals surface area contributed by atoms with Gasteiger partial charge in [-0.1, -0.05) is 88.8 Å². The molecule has 1 saturated heterocycles. The highest BCUT2D eigenvalue weighted by Gasteiger charge is 2.48. The van der Waals surface area contributed by atoms with Crippen molar-refractivity contribution in [3.63, 3.8) is 0 Å². The third kappa shape index (κ3) is 7.22. The van der Waals surface area contributed by atoms with Crippen LogP contribution in [0.5, 0.6) is 11.5 Å². The van der Waals surface area contributed by atoms with Crippen molar-refractivity contribution < 1.29 is 24.2 Å². The predicted octanol–water partition coefficient (Wildman–Crippen LogP) is 9.05. The maximum Gasteiger partial charge on any atom is 0.301 e. The molecule has 48 heavy (non-hydrogen) atoms. The third-order valence-corrected chi connectivity index (χ3v) is 10.4. The summed E-state index contributed by atoms with van der Waals surface area (Å²) >= 11 is 14.9. The van der Waals surface area contributed by atoms with Crippen LogP contribution in [0.4, 0.5) is 5.13 Å². The van der Waals surface area contributed by atoms with Crippen molar-refractivity contribution in [1.29, 1.82) is 0 Å². The molecule has 2 heterocycles. The first-order valence-corrected chi connectivity index (χ1v) is 17.5. The maximum atomic E-state index is 13.7. The van der Waals surface area contributed by atoms with Gasteiger partial charge in [-0.05, 0) is 84.6 Å². The zero-order valence-electron chi connectivity index (χ0n) is 25.9. The summed E-state index contributed by atoms with van der Waals surface area (Å²) in [5.74, 6) is -0.231. The van der Waals surface area contributed by atoms with Gasteiger partial charge in [-0.3, -0.25) is 14.5 Å². The van der Waals surface area contributed by atoms with Crippen molar-refractivity contribution in [1.82, 2.24) is 10.2 Å². The lowest BCUT2D eigenvalue weighted by molar-refractivity contribution is -0.132. The van der Waals surface area contributed by atoms with Gasteiger partial charge < -0.3 is 14.6 Å². The molecule has 1 aliphatic rings. The van der Waals surface area contributed by atoms with Gasteiger partial charge in [-0.25, -0.2) is 0 Å². The van der Waals surface area contributed by atoms with Crippen LogP contribution in [-0.4, -0.2) is 33.6 Å². The largest absolute Gasteiger partial charge is 0.507 e. The minimum Gasteiger partial charge on any atom is -0.507 e. The van der Waals surface area contributed by atoms with Crippen LogP contribution in [0.2, 0.25) is 10.0 Å². The van der Waals surface area contributed by atoms with Crippen molar-refractivity contribution >= 4 is 68.9 Å². The number of carbonyl (C=O) groups is 2. The molecule has 4 aromatic carbocycles. The Kier molecular flexibility index (Phi) is 10.4. The molecular weight excluding hydrogens is 689 g/mol. The Labute approximate surface area is 295 Å². The highest BCUT2D eigenvalue weighted by atomic mass is 35.5. The number of ketones is 1. The molecule has 1 aliphatic heterocycles. The quantitative estimate of drug-likeness (QED) is 0.0475. The number of ether oxygens (including phenoxy) is 2. The summed E-state index contributed by atoms with van der Waals surface area (Å²) in [4.78, 5) is 28.6. The zero-order chi connectivity index (χ0) is 33.8. The summed E-state index contributed by atoms with van der Waals surface area (Å²) in [6.45, 7) is 4.77. The van der Waals surface area contributed by atoms with E-state index in [0.717, 1.165) is 16.7 Å². The molecule has 1 atom stereocenters. The van der Waals surface area contributed by atoms with Crippen molar-refractivity contribution in [3.05, 3.63) is 134 Å². The normalized spacial score (nSPS) is 15.6. The lowest BCUT2D eigenvalue weighted by Gasteiger charge is -2.22. The Morgan fingerprint density at radius 3 is 2.33 bits per heavy atom. The number of rotatable bonds is 11. The van der Waals surface area contributed by atoms with Gasteiger partial charge in [0.2, 0.25) is 5.13 Å². The number of aliphatic hydroxyl groups is 1. The number of nitrogens with zero attached hydrogens (tertiary/aromatic N) is 3. The average molecular weight is 719 g/mol. The average Bonchev–Trinajstić information content (AvgIpc) is 3.66. The van der Waals surface area contributed by atoms with Crippen LogP contribution in [0.25, 0.3) is 5.76 Å². The number of aromatic nitrogens is 2. The second kappa shape index (κ2) is 14.8. The van der Waals surface area contributed by atoms with Crippen molar-refractivity contribution in [2.75, 3.05) is 11.5 Å². The number of halogens is 2. The van der Waals surface area contributed by atoms with Crippen LogP contribution in [-0.2, 0) is 21.9 Å². The van der Waals surface area contributed by atoms with E-state index in [0.29, 0.717) is 56.0 Å². The maximum absolute atomic E-state index is 13.7. The van der Waals surface area contributed by atoms with E-state index in [2.05, 4.69) is 10.2 Å². The Morgan fingerprint density at radius 2 is 1.62 bits per heavy atom. The fourth-order valence-corrected chi connectivity index (χ4v) is 7.62. The van der Waals surface area contributed by atoms with E-state index in [9.17, 15) is 14.7 Å². The number of carbonyl (C=O) groups excluding carboxylic acids is 2. The number of benzene rings is 4.